The monoisotopic (exact) mass is 288 g/mol. The number of hydrogen-bond donors (Lipinski definition) is 1. The molecule has 1 aromatic carbocycles. The maximum atomic E-state index is 5.27. The van der Waals surface area contributed by atoms with Crippen molar-refractivity contribution in [2.75, 3.05) is 30.5 Å². The lowest BCUT2D eigenvalue weighted by Gasteiger charge is -2.22. The number of nitrogens with one attached hydrogen (secondary N) is 1. The first-order chi connectivity index (χ1) is 9.86. The van der Waals surface area contributed by atoms with Gasteiger partial charge in [0.05, 0.1) is 7.11 Å². The van der Waals surface area contributed by atoms with Gasteiger partial charge < -0.3 is 10.1 Å². The highest BCUT2D eigenvalue weighted by Crippen LogP contribution is 2.27. The summed E-state index contributed by atoms with van der Waals surface area (Å²) in [5.74, 6) is 5.26. The van der Waals surface area contributed by atoms with E-state index in [1.54, 1.807) is 7.11 Å². The first-order valence-electron chi connectivity index (χ1n) is 7.11. The average molecular weight is 288 g/mol. The van der Waals surface area contributed by atoms with Gasteiger partial charge in [0.15, 0.2) is 0 Å². The predicted octanol–water partition coefficient (Wildman–Crippen LogP) is 3.80. The zero-order chi connectivity index (χ0) is 13.8. The number of fused-ring (bicyclic) bond motifs is 1. The molecule has 2 heterocycles. The summed E-state index contributed by atoms with van der Waals surface area (Å²) >= 11 is 2.07. The van der Waals surface area contributed by atoms with E-state index in [1.165, 1.54) is 35.1 Å². The normalized spacial score (nSPS) is 16.2. The zero-order valence-corrected chi connectivity index (χ0v) is 12.6. The molecular weight excluding hydrogens is 268 g/mol. The predicted molar refractivity (Wildman–Crippen MR) is 86.8 cm³/mol. The summed E-state index contributed by atoms with van der Waals surface area (Å²) in [4.78, 5) is 4.49. The largest absolute Gasteiger partial charge is 0.497 e. The van der Waals surface area contributed by atoms with Crippen molar-refractivity contribution in [2.45, 2.75) is 12.8 Å². The fourth-order valence-corrected chi connectivity index (χ4v) is 3.82. The molecule has 0 unspecified atom stereocenters. The second kappa shape index (κ2) is 6.35. The Morgan fingerprint density at radius 1 is 1.30 bits per heavy atom. The number of benzene rings is 1. The highest BCUT2D eigenvalue weighted by Gasteiger charge is 2.14. The molecule has 1 fully saturated rings. The van der Waals surface area contributed by atoms with E-state index in [-0.39, 0.29) is 0 Å². The molecule has 0 aliphatic carbocycles. The number of methoxy groups -OCH3 is 1. The fourth-order valence-electron chi connectivity index (χ4n) is 2.62. The Morgan fingerprint density at radius 3 is 2.95 bits per heavy atom. The van der Waals surface area contributed by atoms with E-state index in [9.17, 15) is 0 Å². The summed E-state index contributed by atoms with van der Waals surface area (Å²) in [6.07, 6.45) is 4.49. The van der Waals surface area contributed by atoms with Crippen LogP contribution in [0.1, 0.15) is 12.8 Å². The molecule has 106 valence electrons. The molecule has 4 heteroatoms. The highest BCUT2D eigenvalue weighted by molar-refractivity contribution is 7.99. The molecule has 1 aliphatic heterocycles. The second-order valence-corrected chi connectivity index (χ2v) is 6.41. The van der Waals surface area contributed by atoms with Crippen molar-refractivity contribution < 1.29 is 4.74 Å². The van der Waals surface area contributed by atoms with Crippen LogP contribution in [0.15, 0.2) is 30.5 Å². The molecule has 0 bridgehead atoms. The third kappa shape index (κ3) is 3.01. The van der Waals surface area contributed by atoms with E-state index < -0.39 is 0 Å². The number of anilines is 1. The van der Waals surface area contributed by atoms with Crippen molar-refractivity contribution in [3.8, 4) is 5.75 Å². The van der Waals surface area contributed by atoms with Crippen LogP contribution in [0.4, 0.5) is 5.82 Å². The lowest BCUT2D eigenvalue weighted by molar-refractivity contribution is 0.415. The van der Waals surface area contributed by atoms with Gasteiger partial charge in [-0.1, -0.05) is 0 Å². The Morgan fingerprint density at radius 2 is 2.15 bits per heavy atom. The van der Waals surface area contributed by atoms with Crippen molar-refractivity contribution in [1.82, 2.24) is 4.98 Å². The van der Waals surface area contributed by atoms with Crippen LogP contribution in [-0.2, 0) is 0 Å². The molecule has 0 atom stereocenters. The number of nitrogens with zero attached hydrogens (tertiary/aromatic N) is 1. The summed E-state index contributed by atoms with van der Waals surface area (Å²) in [6.45, 7) is 1.03. The lowest BCUT2D eigenvalue weighted by atomic mass is 10.0. The van der Waals surface area contributed by atoms with E-state index >= 15 is 0 Å². The van der Waals surface area contributed by atoms with E-state index in [4.69, 9.17) is 4.74 Å². The third-order valence-electron chi connectivity index (χ3n) is 3.87. The number of rotatable bonds is 4. The van der Waals surface area contributed by atoms with E-state index in [1.807, 2.05) is 18.3 Å². The van der Waals surface area contributed by atoms with Gasteiger partial charge in [0, 0.05) is 18.1 Å². The quantitative estimate of drug-likeness (QED) is 0.928. The maximum Gasteiger partial charge on any atom is 0.133 e. The number of hydrogen-bond acceptors (Lipinski definition) is 4. The molecule has 0 saturated carbocycles. The second-order valence-electron chi connectivity index (χ2n) is 5.18. The summed E-state index contributed by atoms with van der Waals surface area (Å²) in [5.41, 5.74) is 0. The van der Waals surface area contributed by atoms with Gasteiger partial charge in [-0.05, 0) is 59.9 Å². The summed E-state index contributed by atoms with van der Waals surface area (Å²) < 4.78 is 5.27. The minimum Gasteiger partial charge on any atom is -0.497 e. The van der Waals surface area contributed by atoms with Gasteiger partial charge >= 0.3 is 0 Å². The van der Waals surface area contributed by atoms with E-state index in [2.05, 4.69) is 34.2 Å². The van der Waals surface area contributed by atoms with E-state index in [0.29, 0.717) is 0 Å². The molecule has 0 amide bonds. The van der Waals surface area contributed by atoms with Gasteiger partial charge in [0.2, 0.25) is 0 Å². The minimum atomic E-state index is 0.784. The molecule has 1 N–H and O–H groups in total. The Kier molecular flexibility index (Phi) is 4.31. The summed E-state index contributed by atoms with van der Waals surface area (Å²) in [7, 11) is 1.70. The van der Waals surface area contributed by atoms with Crippen LogP contribution in [0.5, 0.6) is 5.75 Å². The van der Waals surface area contributed by atoms with Crippen LogP contribution in [0.3, 0.4) is 0 Å². The van der Waals surface area contributed by atoms with Crippen LogP contribution < -0.4 is 10.1 Å². The van der Waals surface area contributed by atoms with Crippen molar-refractivity contribution in [3.05, 3.63) is 30.5 Å². The molecule has 0 radical (unpaired) electrons. The van der Waals surface area contributed by atoms with Gasteiger partial charge in [-0.2, -0.15) is 11.8 Å². The van der Waals surface area contributed by atoms with Crippen molar-refractivity contribution >= 4 is 28.4 Å². The molecule has 20 heavy (non-hydrogen) atoms. The Bertz CT molecular complexity index is 582. The van der Waals surface area contributed by atoms with Gasteiger partial charge in [-0.3, -0.25) is 0 Å². The van der Waals surface area contributed by atoms with Crippen molar-refractivity contribution in [2.24, 2.45) is 5.92 Å². The Balaban J connectivity index is 1.76. The van der Waals surface area contributed by atoms with Gasteiger partial charge in [-0.15, -0.1) is 0 Å². The van der Waals surface area contributed by atoms with Gasteiger partial charge in [-0.25, -0.2) is 4.98 Å². The smallest absolute Gasteiger partial charge is 0.133 e. The summed E-state index contributed by atoms with van der Waals surface area (Å²) in [5, 5.41) is 5.87. The van der Waals surface area contributed by atoms with Crippen LogP contribution >= 0.6 is 11.8 Å². The molecule has 1 aliphatic rings. The number of thioether (sulfide) groups is 1. The zero-order valence-electron chi connectivity index (χ0n) is 11.8. The van der Waals surface area contributed by atoms with Crippen LogP contribution in [0.25, 0.3) is 10.8 Å². The number of aromatic nitrogens is 1. The standard InChI is InChI=1S/C16H20N2OS/c1-19-14-2-3-15-13(10-14)4-7-17-16(15)18-11-12-5-8-20-9-6-12/h2-4,7,10,12H,5-6,8-9,11H2,1H3,(H,17,18). The lowest BCUT2D eigenvalue weighted by Crippen LogP contribution is -2.19. The van der Waals surface area contributed by atoms with Crippen molar-refractivity contribution in [3.63, 3.8) is 0 Å². The molecule has 2 aromatic rings. The first-order valence-corrected chi connectivity index (χ1v) is 8.26. The fraction of sp³-hybridized carbons (Fsp3) is 0.438. The molecular formula is C16H20N2OS. The molecule has 3 rings (SSSR count). The highest BCUT2D eigenvalue weighted by atomic mass is 32.2. The Labute approximate surface area is 124 Å². The van der Waals surface area contributed by atoms with Crippen molar-refractivity contribution in [1.29, 1.82) is 0 Å². The third-order valence-corrected chi connectivity index (χ3v) is 4.92. The Hall–Kier alpha value is -1.42. The van der Waals surface area contributed by atoms with E-state index in [0.717, 1.165) is 24.0 Å². The van der Waals surface area contributed by atoms with Gasteiger partial charge in [0.1, 0.15) is 11.6 Å². The van der Waals surface area contributed by atoms with Crippen LogP contribution in [0.2, 0.25) is 0 Å². The molecule has 1 aromatic heterocycles. The minimum absolute atomic E-state index is 0.784. The topological polar surface area (TPSA) is 34.1 Å². The molecule has 0 spiro atoms. The molecule has 3 nitrogen and oxygen atoms in total. The maximum absolute atomic E-state index is 5.27. The number of pyridine rings is 1. The molecule has 1 saturated heterocycles. The summed E-state index contributed by atoms with van der Waals surface area (Å²) in [6, 6.07) is 8.16. The average Bonchev–Trinajstić information content (AvgIpc) is 2.53. The van der Waals surface area contributed by atoms with Gasteiger partial charge in [0.25, 0.3) is 0 Å². The van der Waals surface area contributed by atoms with Crippen LogP contribution in [0, 0.1) is 5.92 Å². The van der Waals surface area contributed by atoms with Crippen LogP contribution in [-0.4, -0.2) is 30.1 Å². The first kappa shape index (κ1) is 13.6. The number of ether oxygens (including phenoxy) is 1. The SMILES string of the molecule is COc1ccc2c(NCC3CCSCC3)nccc2c1.